The molecule has 0 saturated heterocycles. The molecular formula is C13H20N2O2. The van der Waals surface area contributed by atoms with E-state index in [0.29, 0.717) is 18.5 Å². The molecule has 1 aromatic rings. The van der Waals surface area contributed by atoms with Crippen molar-refractivity contribution in [3.8, 4) is 0 Å². The van der Waals surface area contributed by atoms with Gasteiger partial charge in [0.1, 0.15) is 0 Å². The number of aliphatic hydroxyl groups is 1. The Labute approximate surface area is 102 Å². The van der Waals surface area contributed by atoms with Gasteiger partial charge in [0.25, 0.3) is 5.91 Å². The molecule has 4 heteroatoms. The monoisotopic (exact) mass is 236 g/mol. The second-order valence-electron chi connectivity index (χ2n) is 4.21. The molecule has 0 spiro atoms. The normalized spacial score (nSPS) is 12.2. The molecule has 2 N–H and O–H groups in total. The van der Waals surface area contributed by atoms with Gasteiger partial charge in [-0.1, -0.05) is 13.8 Å². The summed E-state index contributed by atoms with van der Waals surface area (Å²) in [6, 6.07) is 1.74. The summed E-state index contributed by atoms with van der Waals surface area (Å²) in [5.41, 5.74) is 1.65. The number of carbonyl (C=O) groups is 1. The highest BCUT2D eigenvalue weighted by atomic mass is 16.3. The third kappa shape index (κ3) is 4.15. The maximum Gasteiger partial charge on any atom is 0.251 e. The van der Waals surface area contributed by atoms with E-state index in [2.05, 4.69) is 10.3 Å². The number of pyridine rings is 1. The molecule has 1 rings (SSSR count). The van der Waals surface area contributed by atoms with Crippen molar-refractivity contribution in [2.24, 2.45) is 5.92 Å². The highest BCUT2D eigenvalue weighted by molar-refractivity contribution is 5.95. The molecule has 0 aliphatic carbocycles. The average molecular weight is 236 g/mol. The summed E-state index contributed by atoms with van der Waals surface area (Å²) in [6.45, 7) is 4.75. The molecule has 1 atom stereocenters. The first kappa shape index (κ1) is 13.6. The van der Waals surface area contributed by atoms with Crippen LogP contribution in [0.25, 0.3) is 0 Å². The lowest BCUT2D eigenvalue weighted by Crippen LogP contribution is -2.29. The number of hydrogen-bond donors (Lipinski definition) is 2. The van der Waals surface area contributed by atoms with E-state index in [1.165, 1.54) is 0 Å². The second-order valence-corrected chi connectivity index (χ2v) is 4.21. The number of hydrogen-bond acceptors (Lipinski definition) is 3. The topological polar surface area (TPSA) is 62.2 Å². The Balaban J connectivity index is 2.58. The lowest BCUT2D eigenvalue weighted by atomic mass is 10.1. The molecule has 4 nitrogen and oxygen atoms in total. The molecule has 1 aromatic heterocycles. The molecule has 0 radical (unpaired) electrons. The zero-order valence-electron chi connectivity index (χ0n) is 10.4. The van der Waals surface area contributed by atoms with Crippen LogP contribution in [0.3, 0.4) is 0 Å². The van der Waals surface area contributed by atoms with Gasteiger partial charge >= 0.3 is 0 Å². The van der Waals surface area contributed by atoms with Crippen LogP contribution in [-0.2, 0) is 6.42 Å². The van der Waals surface area contributed by atoms with Crippen molar-refractivity contribution in [3.05, 3.63) is 29.6 Å². The van der Waals surface area contributed by atoms with Gasteiger partial charge in [-0.05, 0) is 30.4 Å². The molecule has 1 heterocycles. The molecule has 94 valence electrons. The number of aromatic nitrogens is 1. The van der Waals surface area contributed by atoms with Crippen molar-refractivity contribution in [2.75, 3.05) is 13.2 Å². The lowest BCUT2D eigenvalue weighted by Gasteiger charge is -2.12. The number of aryl methyl sites for hydroxylation is 1. The smallest absolute Gasteiger partial charge is 0.251 e. The lowest BCUT2D eigenvalue weighted by molar-refractivity contribution is 0.0944. The van der Waals surface area contributed by atoms with Gasteiger partial charge in [0.2, 0.25) is 0 Å². The number of amides is 1. The molecule has 0 aliphatic rings. The molecule has 0 fully saturated rings. The third-order valence-corrected chi connectivity index (χ3v) is 2.76. The van der Waals surface area contributed by atoms with Crippen LogP contribution in [0.4, 0.5) is 0 Å². The number of nitrogens with one attached hydrogen (secondary N) is 1. The van der Waals surface area contributed by atoms with Crippen molar-refractivity contribution < 1.29 is 9.90 Å². The van der Waals surface area contributed by atoms with Gasteiger partial charge in [-0.3, -0.25) is 9.78 Å². The van der Waals surface area contributed by atoms with Crippen molar-refractivity contribution >= 4 is 5.91 Å². The van der Waals surface area contributed by atoms with E-state index in [1.54, 1.807) is 18.5 Å². The maximum atomic E-state index is 11.9. The fraction of sp³-hybridized carbons (Fsp3) is 0.538. The molecule has 0 aliphatic heterocycles. The van der Waals surface area contributed by atoms with Gasteiger partial charge in [-0.15, -0.1) is 0 Å². The molecule has 0 saturated carbocycles. The van der Waals surface area contributed by atoms with E-state index in [0.717, 1.165) is 12.0 Å². The van der Waals surface area contributed by atoms with Crippen LogP contribution in [-0.4, -0.2) is 29.1 Å². The van der Waals surface area contributed by atoms with E-state index in [9.17, 15) is 4.79 Å². The minimum atomic E-state index is -0.0611. The minimum Gasteiger partial charge on any atom is -0.396 e. The summed E-state index contributed by atoms with van der Waals surface area (Å²) in [6.07, 6.45) is 4.86. The van der Waals surface area contributed by atoms with Gasteiger partial charge in [0, 0.05) is 31.1 Å². The predicted molar refractivity (Wildman–Crippen MR) is 66.8 cm³/mol. The number of carbonyl (C=O) groups excluding carboxylic acids is 1. The first-order valence-electron chi connectivity index (χ1n) is 6.01. The average Bonchev–Trinajstić information content (AvgIpc) is 2.36. The molecule has 0 bridgehead atoms. The molecule has 1 unspecified atom stereocenters. The summed E-state index contributed by atoms with van der Waals surface area (Å²) in [5.74, 6) is 0.227. The SMILES string of the molecule is CCc1cnccc1C(=O)NCC(C)CCO. The van der Waals surface area contributed by atoms with E-state index < -0.39 is 0 Å². The molecule has 1 amide bonds. The van der Waals surface area contributed by atoms with Crippen molar-refractivity contribution in [1.29, 1.82) is 0 Å². The first-order chi connectivity index (χ1) is 8.19. The quantitative estimate of drug-likeness (QED) is 0.784. The highest BCUT2D eigenvalue weighted by Crippen LogP contribution is 2.08. The number of rotatable bonds is 6. The van der Waals surface area contributed by atoms with Crippen LogP contribution in [0, 0.1) is 5.92 Å². The Morgan fingerprint density at radius 3 is 3.00 bits per heavy atom. The first-order valence-corrected chi connectivity index (χ1v) is 6.01. The minimum absolute atomic E-state index is 0.0611. The Morgan fingerprint density at radius 2 is 2.35 bits per heavy atom. The van der Waals surface area contributed by atoms with Crippen molar-refractivity contribution in [3.63, 3.8) is 0 Å². The van der Waals surface area contributed by atoms with Gasteiger partial charge in [0.05, 0.1) is 0 Å². The number of aliphatic hydroxyl groups excluding tert-OH is 1. The van der Waals surface area contributed by atoms with Crippen LogP contribution < -0.4 is 5.32 Å². The van der Waals surface area contributed by atoms with Gasteiger partial charge in [0.15, 0.2) is 0 Å². The Hall–Kier alpha value is -1.42. The third-order valence-electron chi connectivity index (χ3n) is 2.76. The summed E-state index contributed by atoms with van der Waals surface area (Å²) in [4.78, 5) is 15.9. The highest BCUT2D eigenvalue weighted by Gasteiger charge is 2.10. The van der Waals surface area contributed by atoms with Crippen LogP contribution in [0.15, 0.2) is 18.5 Å². The fourth-order valence-corrected chi connectivity index (χ4v) is 1.62. The Bertz CT molecular complexity index is 366. The van der Waals surface area contributed by atoms with E-state index in [1.807, 2.05) is 13.8 Å². The van der Waals surface area contributed by atoms with Gasteiger partial charge in [-0.2, -0.15) is 0 Å². The summed E-state index contributed by atoms with van der Waals surface area (Å²) in [7, 11) is 0. The summed E-state index contributed by atoms with van der Waals surface area (Å²) < 4.78 is 0. The summed E-state index contributed by atoms with van der Waals surface area (Å²) >= 11 is 0. The summed E-state index contributed by atoms with van der Waals surface area (Å²) in [5, 5.41) is 11.7. The fourth-order valence-electron chi connectivity index (χ4n) is 1.62. The Kier molecular flexibility index (Phi) is 5.63. The predicted octanol–water partition coefficient (Wildman–Crippen LogP) is 1.39. The van der Waals surface area contributed by atoms with Gasteiger partial charge < -0.3 is 10.4 Å². The molecule has 17 heavy (non-hydrogen) atoms. The largest absolute Gasteiger partial charge is 0.396 e. The van der Waals surface area contributed by atoms with E-state index >= 15 is 0 Å². The Morgan fingerprint density at radius 1 is 1.59 bits per heavy atom. The standard InChI is InChI=1S/C13H20N2O2/c1-3-11-9-14-6-4-12(11)13(17)15-8-10(2)5-7-16/h4,6,9-10,16H,3,5,7-8H2,1-2H3,(H,15,17). The number of nitrogens with zero attached hydrogens (tertiary/aromatic N) is 1. The van der Waals surface area contributed by atoms with E-state index in [-0.39, 0.29) is 18.4 Å². The van der Waals surface area contributed by atoms with Crippen molar-refractivity contribution in [1.82, 2.24) is 10.3 Å². The van der Waals surface area contributed by atoms with Crippen LogP contribution in [0.2, 0.25) is 0 Å². The van der Waals surface area contributed by atoms with Crippen LogP contribution in [0.1, 0.15) is 36.2 Å². The zero-order valence-corrected chi connectivity index (χ0v) is 10.4. The van der Waals surface area contributed by atoms with Crippen molar-refractivity contribution in [2.45, 2.75) is 26.7 Å². The van der Waals surface area contributed by atoms with E-state index in [4.69, 9.17) is 5.11 Å². The molecule has 0 aromatic carbocycles. The van der Waals surface area contributed by atoms with Gasteiger partial charge in [-0.25, -0.2) is 0 Å². The van der Waals surface area contributed by atoms with Crippen LogP contribution >= 0.6 is 0 Å². The molecular weight excluding hydrogens is 216 g/mol. The van der Waals surface area contributed by atoms with Crippen LogP contribution in [0.5, 0.6) is 0 Å². The maximum absolute atomic E-state index is 11.9. The second kappa shape index (κ2) is 7.01. The zero-order chi connectivity index (χ0) is 12.7.